The molecule has 2 N–H and O–H groups in total. The molecule has 1 aromatic rings. The number of aryl methyl sites for hydroxylation is 1. The Hall–Kier alpha value is -1.07. The predicted molar refractivity (Wildman–Crippen MR) is 84.9 cm³/mol. The number of nitrogens with two attached hydrogens (primary N) is 1. The molecule has 3 rings (SSSR count). The molecule has 1 saturated heterocycles. The lowest BCUT2D eigenvalue weighted by atomic mass is 10.0. The molecule has 0 spiro atoms. The van der Waals surface area contributed by atoms with Gasteiger partial charge in [-0.2, -0.15) is 0 Å². The Morgan fingerprint density at radius 1 is 1.14 bits per heavy atom. The molecule has 21 heavy (non-hydrogen) atoms. The van der Waals surface area contributed by atoms with Gasteiger partial charge in [-0.3, -0.25) is 0 Å². The van der Waals surface area contributed by atoms with E-state index in [1.165, 1.54) is 32.1 Å². The maximum absolute atomic E-state index is 11.8. The van der Waals surface area contributed by atoms with Crippen molar-refractivity contribution in [3.05, 3.63) is 23.8 Å². The zero-order valence-electron chi connectivity index (χ0n) is 12.4. The third-order valence-corrected chi connectivity index (χ3v) is 5.60. The van der Waals surface area contributed by atoms with Gasteiger partial charge in [-0.25, -0.2) is 13.6 Å². The number of piperidine rings is 1. The smallest absolute Gasteiger partial charge is 0.238 e. The summed E-state index contributed by atoms with van der Waals surface area (Å²) in [7, 11) is -3.63. The van der Waals surface area contributed by atoms with Gasteiger partial charge in [-0.15, -0.1) is 0 Å². The lowest BCUT2D eigenvalue weighted by molar-refractivity contribution is 0.577. The zero-order chi connectivity index (χ0) is 14.9. The van der Waals surface area contributed by atoms with E-state index >= 15 is 0 Å². The highest BCUT2D eigenvalue weighted by atomic mass is 32.2. The average molecular weight is 308 g/mol. The normalized spacial score (nSPS) is 19.8. The van der Waals surface area contributed by atoms with E-state index in [4.69, 9.17) is 5.14 Å². The van der Waals surface area contributed by atoms with Gasteiger partial charge in [0.15, 0.2) is 0 Å². The van der Waals surface area contributed by atoms with Gasteiger partial charge in [0.2, 0.25) is 10.0 Å². The first-order valence-corrected chi connectivity index (χ1v) is 9.49. The topological polar surface area (TPSA) is 63.4 Å². The fraction of sp³-hybridized carbons (Fsp3) is 0.625. The SMILES string of the molecule is NS(=O)(=O)c1ccc(N2CCCCC2)cc1CCC1CC1. The Labute approximate surface area is 127 Å². The number of hydrogen-bond donors (Lipinski definition) is 1. The van der Waals surface area contributed by atoms with Crippen molar-refractivity contribution in [1.82, 2.24) is 0 Å². The van der Waals surface area contributed by atoms with Gasteiger partial charge in [0.25, 0.3) is 0 Å². The molecule has 1 saturated carbocycles. The highest BCUT2D eigenvalue weighted by Crippen LogP contribution is 2.35. The van der Waals surface area contributed by atoms with E-state index in [-0.39, 0.29) is 0 Å². The van der Waals surface area contributed by atoms with Crippen LogP contribution < -0.4 is 10.0 Å². The van der Waals surface area contributed by atoms with E-state index in [1.807, 2.05) is 12.1 Å². The van der Waals surface area contributed by atoms with Crippen LogP contribution in [0.5, 0.6) is 0 Å². The van der Waals surface area contributed by atoms with Crippen LogP contribution in [0.3, 0.4) is 0 Å². The lowest BCUT2D eigenvalue weighted by Crippen LogP contribution is -2.29. The summed E-state index contributed by atoms with van der Waals surface area (Å²) in [5.74, 6) is 0.789. The highest BCUT2D eigenvalue weighted by molar-refractivity contribution is 7.89. The molecule has 1 heterocycles. The number of rotatable bonds is 5. The van der Waals surface area contributed by atoms with Gasteiger partial charge in [0.05, 0.1) is 4.90 Å². The fourth-order valence-corrected chi connectivity index (χ4v) is 3.94. The Balaban J connectivity index is 1.86. The molecule has 0 atom stereocenters. The van der Waals surface area contributed by atoms with E-state index in [2.05, 4.69) is 4.90 Å². The number of hydrogen-bond acceptors (Lipinski definition) is 3. The maximum atomic E-state index is 11.8. The predicted octanol–water partition coefficient (Wildman–Crippen LogP) is 2.67. The fourth-order valence-electron chi connectivity index (χ4n) is 3.15. The second-order valence-corrected chi connectivity index (χ2v) is 7.90. The number of benzene rings is 1. The van der Waals surface area contributed by atoms with Crippen LogP contribution in [0.4, 0.5) is 5.69 Å². The first-order chi connectivity index (χ1) is 10.0. The van der Waals surface area contributed by atoms with Crippen LogP contribution in [0.1, 0.15) is 44.1 Å². The summed E-state index contributed by atoms with van der Waals surface area (Å²) in [5.41, 5.74) is 2.04. The summed E-state index contributed by atoms with van der Waals surface area (Å²) in [5, 5.41) is 5.37. The number of sulfonamides is 1. The molecule has 1 aromatic carbocycles. The summed E-state index contributed by atoms with van der Waals surface area (Å²) in [6.45, 7) is 2.13. The van der Waals surface area contributed by atoms with Gasteiger partial charge in [0.1, 0.15) is 0 Å². The number of primary sulfonamides is 1. The van der Waals surface area contributed by atoms with Gasteiger partial charge in [-0.05, 0) is 61.8 Å². The van der Waals surface area contributed by atoms with Gasteiger partial charge >= 0.3 is 0 Å². The Morgan fingerprint density at radius 3 is 2.48 bits per heavy atom. The molecular formula is C16H24N2O2S. The summed E-state index contributed by atoms with van der Waals surface area (Å²) in [4.78, 5) is 2.67. The second kappa shape index (κ2) is 5.97. The van der Waals surface area contributed by atoms with Crippen LogP contribution in [0.25, 0.3) is 0 Å². The molecule has 0 radical (unpaired) electrons. The first-order valence-electron chi connectivity index (χ1n) is 7.95. The molecule has 2 aliphatic rings. The second-order valence-electron chi connectivity index (χ2n) is 6.37. The van der Waals surface area contributed by atoms with Crippen molar-refractivity contribution < 1.29 is 8.42 Å². The van der Waals surface area contributed by atoms with Crippen LogP contribution in [0.2, 0.25) is 0 Å². The minimum absolute atomic E-state index is 0.309. The Bertz CT molecular complexity index is 603. The molecule has 1 aliphatic carbocycles. The summed E-state index contributed by atoms with van der Waals surface area (Å²) < 4.78 is 23.5. The Morgan fingerprint density at radius 2 is 1.86 bits per heavy atom. The Kier molecular flexibility index (Phi) is 4.22. The molecule has 1 aliphatic heterocycles. The van der Waals surface area contributed by atoms with Gasteiger partial charge in [0, 0.05) is 18.8 Å². The molecular weight excluding hydrogens is 284 g/mol. The maximum Gasteiger partial charge on any atom is 0.238 e. The monoisotopic (exact) mass is 308 g/mol. The first kappa shape index (κ1) is 14.9. The van der Waals surface area contributed by atoms with E-state index in [0.717, 1.165) is 43.1 Å². The van der Waals surface area contributed by atoms with Crippen molar-refractivity contribution >= 4 is 15.7 Å². The number of nitrogens with zero attached hydrogens (tertiary/aromatic N) is 1. The molecule has 5 heteroatoms. The van der Waals surface area contributed by atoms with Crippen molar-refractivity contribution in [2.45, 2.75) is 49.8 Å². The van der Waals surface area contributed by atoms with E-state index in [0.29, 0.717) is 4.90 Å². The van der Waals surface area contributed by atoms with Crippen molar-refractivity contribution in [3.63, 3.8) is 0 Å². The highest BCUT2D eigenvalue weighted by Gasteiger charge is 2.23. The minimum atomic E-state index is -3.63. The quantitative estimate of drug-likeness (QED) is 0.909. The molecule has 0 aromatic heterocycles. The number of anilines is 1. The van der Waals surface area contributed by atoms with Crippen molar-refractivity contribution in [1.29, 1.82) is 0 Å². The third-order valence-electron chi connectivity index (χ3n) is 4.59. The van der Waals surface area contributed by atoms with Gasteiger partial charge < -0.3 is 4.90 Å². The van der Waals surface area contributed by atoms with Crippen LogP contribution in [-0.2, 0) is 16.4 Å². The van der Waals surface area contributed by atoms with Crippen LogP contribution in [0.15, 0.2) is 23.1 Å². The standard InChI is InChI=1S/C16H24N2O2S/c17-21(19,20)16-9-8-15(18-10-2-1-3-11-18)12-14(16)7-6-13-4-5-13/h8-9,12-13H,1-7,10-11H2,(H2,17,19,20). The van der Waals surface area contributed by atoms with Crippen molar-refractivity contribution in [2.24, 2.45) is 11.1 Å². The summed E-state index contributed by atoms with van der Waals surface area (Å²) >= 11 is 0. The molecule has 2 fully saturated rings. The largest absolute Gasteiger partial charge is 0.372 e. The zero-order valence-corrected chi connectivity index (χ0v) is 13.2. The molecule has 116 valence electrons. The van der Waals surface area contributed by atoms with E-state index in [9.17, 15) is 8.42 Å². The van der Waals surface area contributed by atoms with E-state index < -0.39 is 10.0 Å². The minimum Gasteiger partial charge on any atom is -0.372 e. The van der Waals surface area contributed by atoms with Crippen LogP contribution in [0, 0.1) is 5.92 Å². The lowest BCUT2D eigenvalue weighted by Gasteiger charge is -2.29. The molecule has 4 nitrogen and oxygen atoms in total. The molecule has 0 unspecified atom stereocenters. The third kappa shape index (κ3) is 3.77. The van der Waals surface area contributed by atoms with Crippen molar-refractivity contribution in [2.75, 3.05) is 18.0 Å². The van der Waals surface area contributed by atoms with Crippen LogP contribution >= 0.6 is 0 Å². The van der Waals surface area contributed by atoms with Crippen LogP contribution in [-0.4, -0.2) is 21.5 Å². The molecule has 0 bridgehead atoms. The summed E-state index contributed by atoms with van der Waals surface area (Å²) in [6, 6.07) is 5.65. The average Bonchev–Trinajstić information content (AvgIpc) is 3.29. The summed E-state index contributed by atoms with van der Waals surface area (Å²) in [6.07, 6.45) is 8.19. The molecule has 0 amide bonds. The van der Waals surface area contributed by atoms with Gasteiger partial charge in [-0.1, -0.05) is 12.8 Å². The van der Waals surface area contributed by atoms with E-state index in [1.54, 1.807) is 6.07 Å². The van der Waals surface area contributed by atoms with Crippen molar-refractivity contribution in [3.8, 4) is 0 Å².